The molecule has 0 spiro atoms. The monoisotopic (exact) mass is 259 g/mol. The van der Waals surface area contributed by atoms with Gasteiger partial charge in [0.1, 0.15) is 0 Å². The summed E-state index contributed by atoms with van der Waals surface area (Å²) < 4.78 is 0. The van der Waals surface area contributed by atoms with E-state index < -0.39 is 0 Å². The van der Waals surface area contributed by atoms with E-state index in [1.165, 1.54) is 42.8 Å². The van der Waals surface area contributed by atoms with Crippen LogP contribution in [0.1, 0.15) is 43.6 Å². The van der Waals surface area contributed by atoms with E-state index in [1.54, 1.807) is 11.1 Å². The summed E-state index contributed by atoms with van der Waals surface area (Å²) in [4.78, 5) is 1.49. The highest BCUT2D eigenvalue weighted by Gasteiger charge is 2.24. The van der Waals surface area contributed by atoms with E-state index in [4.69, 9.17) is 5.73 Å². The minimum absolute atomic E-state index is 0.298. The van der Waals surface area contributed by atoms with Crippen molar-refractivity contribution in [1.82, 2.24) is 0 Å². The van der Waals surface area contributed by atoms with Crippen LogP contribution >= 0.6 is 11.8 Å². The Morgan fingerprint density at radius 3 is 3.06 bits per heavy atom. The summed E-state index contributed by atoms with van der Waals surface area (Å²) in [6, 6.07) is 9.18. The van der Waals surface area contributed by atoms with Crippen LogP contribution in [-0.4, -0.2) is 11.8 Å². The normalized spacial score (nSPS) is 27.5. The van der Waals surface area contributed by atoms with Gasteiger partial charge in [0.05, 0.1) is 0 Å². The van der Waals surface area contributed by atoms with Crippen LogP contribution in [0.25, 0.3) is 0 Å². The quantitative estimate of drug-likeness (QED) is 0.809. The summed E-state index contributed by atoms with van der Waals surface area (Å²) in [5, 5.41) is 0. The first-order valence-electron chi connectivity index (χ1n) is 7.00. The van der Waals surface area contributed by atoms with Crippen molar-refractivity contribution in [3.63, 3.8) is 0 Å². The number of benzene rings is 1. The van der Waals surface area contributed by atoms with E-state index in [2.05, 4.69) is 30.3 Å². The van der Waals surface area contributed by atoms with Crippen molar-refractivity contribution in [2.75, 3.05) is 5.75 Å². The zero-order valence-corrected chi connectivity index (χ0v) is 11.6. The molecule has 1 nitrogen and oxygen atoms in total. The highest BCUT2D eigenvalue weighted by atomic mass is 32.2. The molecule has 0 saturated carbocycles. The van der Waals surface area contributed by atoms with Crippen molar-refractivity contribution in [3.05, 3.63) is 41.5 Å². The van der Waals surface area contributed by atoms with E-state index >= 15 is 0 Å². The third kappa shape index (κ3) is 2.65. The van der Waals surface area contributed by atoms with Crippen molar-refractivity contribution in [3.8, 4) is 0 Å². The lowest BCUT2D eigenvalue weighted by Gasteiger charge is -2.13. The fraction of sp³-hybridized carbons (Fsp3) is 0.500. The second kappa shape index (κ2) is 5.50. The number of allylic oxidation sites excluding steroid dienone is 1. The standard InChI is InChI=1S/C16H21NS/c17-14-6-2-1-5-12(10-14)9-13-11-18-16-8-4-3-7-15(13)16/h3-4,7-8,10,13-14H,1-2,5-6,9,11,17H2. The van der Waals surface area contributed by atoms with Gasteiger partial charge in [-0.1, -0.05) is 36.3 Å². The van der Waals surface area contributed by atoms with Crippen LogP contribution in [0.4, 0.5) is 0 Å². The van der Waals surface area contributed by atoms with Crippen molar-refractivity contribution in [1.29, 1.82) is 0 Å². The Balaban J connectivity index is 1.74. The van der Waals surface area contributed by atoms with Gasteiger partial charge >= 0.3 is 0 Å². The Kier molecular flexibility index (Phi) is 3.76. The van der Waals surface area contributed by atoms with E-state index in [0.717, 1.165) is 0 Å². The molecule has 0 fully saturated rings. The molecule has 1 heterocycles. The Morgan fingerprint density at radius 1 is 1.22 bits per heavy atom. The van der Waals surface area contributed by atoms with Gasteiger partial charge in [0.25, 0.3) is 0 Å². The van der Waals surface area contributed by atoms with Gasteiger partial charge < -0.3 is 5.73 Å². The highest BCUT2D eigenvalue weighted by Crippen LogP contribution is 2.43. The maximum absolute atomic E-state index is 6.11. The molecule has 1 aliphatic carbocycles. The Bertz CT molecular complexity index is 452. The molecule has 3 rings (SSSR count). The molecule has 2 aliphatic rings. The molecule has 2 heteroatoms. The fourth-order valence-corrected chi connectivity index (χ4v) is 4.34. The summed E-state index contributed by atoms with van der Waals surface area (Å²) in [6.45, 7) is 0. The fourth-order valence-electron chi connectivity index (χ4n) is 3.09. The minimum Gasteiger partial charge on any atom is -0.324 e. The molecule has 0 amide bonds. The molecule has 2 N–H and O–H groups in total. The number of hydrogen-bond acceptors (Lipinski definition) is 2. The molecule has 1 aromatic rings. The first-order chi connectivity index (χ1) is 8.83. The van der Waals surface area contributed by atoms with Crippen LogP contribution in [-0.2, 0) is 0 Å². The zero-order valence-electron chi connectivity index (χ0n) is 10.8. The summed E-state index contributed by atoms with van der Waals surface area (Å²) >= 11 is 2.01. The van der Waals surface area contributed by atoms with Gasteiger partial charge in [-0.3, -0.25) is 0 Å². The number of nitrogens with two attached hydrogens (primary N) is 1. The van der Waals surface area contributed by atoms with E-state index in [9.17, 15) is 0 Å². The number of hydrogen-bond donors (Lipinski definition) is 1. The lowest BCUT2D eigenvalue weighted by molar-refractivity contribution is 0.649. The molecule has 2 atom stereocenters. The van der Waals surface area contributed by atoms with Gasteiger partial charge in [0, 0.05) is 16.7 Å². The van der Waals surface area contributed by atoms with Crippen LogP contribution < -0.4 is 5.73 Å². The van der Waals surface area contributed by atoms with Gasteiger partial charge in [-0.15, -0.1) is 11.8 Å². The third-order valence-electron chi connectivity index (χ3n) is 4.04. The first-order valence-corrected chi connectivity index (χ1v) is 7.98. The van der Waals surface area contributed by atoms with Crippen LogP contribution in [0.5, 0.6) is 0 Å². The Morgan fingerprint density at radius 2 is 2.11 bits per heavy atom. The topological polar surface area (TPSA) is 26.0 Å². The summed E-state index contributed by atoms with van der Waals surface area (Å²) in [6.07, 6.45) is 8.60. The average Bonchev–Trinajstić information content (AvgIpc) is 2.66. The Hall–Kier alpha value is -0.730. The van der Waals surface area contributed by atoms with Crippen molar-refractivity contribution in [2.24, 2.45) is 5.73 Å². The molecule has 0 saturated heterocycles. The van der Waals surface area contributed by atoms with Gasteiger partial charge in [-0.25, -0.2) is 0 Å². The largest absolute Gasteiger partial charge is 0.324 e. The van der Waals surface area contributed by atoms with Gasteiger partial charge in [0.15, 0.2) is 0 Å². The van der Waals surface area contributed by atoms with Crippen molar-refractivity contribution in [2.45, 2.75) is 49.0 Å². The van der Waals surface area contributed by atoms with Crippen molar-refractivity contribution < 1.29 is 0 Å². The van der Waals surface area contributed by atoms with Crippen LogP contribution in [0, 0.1) is 0 Å². The second-order valence-electron chi connectivity index (χ2n) is 5.48. The van der Waals surface area contributed by atoms with Gasteiger partial charge in [0.2, 0.25) is 0 Å². The molecule has 0 bridgehead atoms. The summed E-state index contributed by atoms with van der Waals surface area (Å²) in [5.41, 5.74) is 9.27. The first kappa shape index (κ1) is 12.3. The molecular weight excluding hydrogens is 238 g/mol. The SMILES string of the molecule is NC1C=C(CC2CSc3ccccc32)CCCC1. The molecular formula is C16H21NS. The molecule has 0 aromatic heterocycles. The lowest BCUT2D eigenvalue weighted by Crippen LogP contribution is -2.16. The number of thioether (sulfide) groups is 1. The number of rotatable bonds is 2. The molecule has 1 aliphatic heterocycles. The smallest absolute Gasteiger partial charge is 0.0226 e. The Labute approximate surface area is 114 Å². The average molecular weight is 259 g/mol. The third-order valence-corrected chi connectivity index (χ3v) is 5.29. The van der Waals surface area contributed by atoms with Gasteiger partial charge in [-0.2, -0.15) is 0 Å². The second-order valence-corrected chi connectivity index (χ2v) is 6.55. The highest BCUT2D eigenvalue weighted by molar-refractivity contribution is 7.99. The molecule has 96 valence electrons. The minimum atomic E-state index is 0.298. The predicted octanol–water partition coefficient (Wildman–Crippen LogP) is 4.09. The summed E-state index contributed by atoms with van der Waals surface area (Å²) in [7, 11) is 0. The zero-order chi connectivity index (χ0) is 12.4. The maximum atomic E-state index is 6.11. The number of fused-ring (bicyclic) bond motifs is 1. The molecule has 18 heavy (non-hydrogen) atoms. The summed E-state index contributed by atoms with van der Waals surface area (Å²) in [5.74, 6) is 1.95. The van der Waals surface area contributed by atoms with Crippen molar-refractivity contribution >= 4 is 11.8 Å². The molecule has 0 radical (unpaired) electrons. The van der Waals surface area contributed by atoms with Crippen LogP contribution in [0.15, 0.2) is 40.8 Å². The predicted molar refractivity (Wildman–Crippen MR) is 79.1 cm³/mol. The maximum Gasteiger partial charge on any atom is 0.0226 e. The van der Waals surface area contributed by atoms with E-state index in [0.29, 0.717) is 12.0 Å². The molecule has 2 unspecified atom stereocenters. The van der Waals surface area contributed by atoms with E-state index in [-0.39, 0.29) is 0 Å². The van der Waals surface area contributed by atoms with Gasteiger partial charge in [-0.05, 0) is 43.2 Å². The van der Waals surface area contributed by atoms with Crippen LogP contribution in [0.3, 0.4) is 0 Å². The van der Waals surface area contributed by atoms with E-state index in [1.807, 2.05) is 11.8 Å². The van der Waals surface area contributed by atoms with Crippen LogP contribution in [0.2, 0.25) is 0 Å². The molecule has 1 aromatic carbocycles. The lowest BCUT2D eigenvalue weighted by atomic mass is 9.91.